The molecule has 1 aromatic rings. The number of benzene rings is 1. The van der Waals surface area contributed by atoms with Crippen molar-refractivity contribution >= 4 is 11.8 Å². The van der Waals surface area contributed by atoms with Gasteiger partial charge in [0.25, 0.3) is 0 Å². The van der Waals surface area contributed by atoms with Gasteiger partial charge in [0.2, 0.25) is 0 Å². The molecule has 2 rings (SSSR count). The first-order valence-electron chi connectivity index (χ1n) is 5.35. The number of ether oxygens (including phenoxy) is 1. The van der Waals surface area contributed by atoms with E-state index in [0.29, 0.717) is 12.8 Å². The fourth-order valence-electron chi connectivity index (χ4n) is 2.11. The van der Waals surface area contributed by atoms with Gasteiger partial charge in [-0.25, -0.2) is 0 Å². The molecule has 0 aliphatic carbocycles. The summed E-state index contributed by atoms with van der Waals surface area (Å²) in [6, 6.07) is 9.75. The lowest BCUT2D eigenvalue weighted by Crippen LogP contribution is -2.41. The average Bonchev–Trinajstić information content (AvgIpc) is 2.15. The number of carbonyl (C=O) groups is 2. The first-order chi connectivity index (χ1) is 7.57. The van der Waals surface area contributed by atoms with Gasteiger partial charge in [0, 0.05) is 12.8 Å². The minimum absolute atomic E-state index is 0.0327. The van der Waals surface area contributed by atoms with Gasteiger partial charge in [-0.05, 0) is 12.5 Å². The molecule has 1 unspecified atom stereocenters. The van der Waals surface area contributed by atoms with Crippen LogP contribution in [0, 0.1) is 0 Å². The van der Waals surface area contributed by atoms with Crippen molar-refractivity contribution in [1.29, 1.82) is 0 Å². The summed E-state index contributed by atoms with van der Waals surface area (Å²) in [5.74, 6) is -0.440. The van der Waals surface area contributed by atoms with Crippen LogP contribution in [0.2, 0.25) is 0 Å². The summed E-state index contributed by atoms with van der Waals surface area (Å²) in [7, 11) is 0. The molecule has 1 fully saturated rings. The highest BCUT2D eigenvalue weighted by Gasteiger charge is 2.37. The van der Waals surface area contributed by atoms with Gasteiger partial charge in [0.15, 0.2) is 0 Å². The summed E-state index contributed by atoms with van der Waals surface area (Å²) < 4.78 is 5.29. The van der Waals surface area contributed by atoms with Crippen LogP contribution in [0.15, 0.2) is 30.3 Å². The van der Waals surface area contributed by atoms with Gasteiger partial charge in [0.05, 0.1) is 0 Å². The molecule has 0 bridgehead atoms. The van der Waals surface area contributed by atoms with Crippen molar-refractivity contribution in [3.63, 3.8) is 0 Å². The zero-order valence-electron chi connectivity index (χ0n) is 9.23. The van der Waals surface area contributed by atoms with Crippen LogP contribution in [0.25, 0.3) is 0 Å². The molecular weight excluding hydrogens is 204 g/mol. The molecule has 16 heavy (non-hydrogen) atoms. The van der Waals surface area contributed by atoms with Crippen molar-refractivity contribution < 1.29 is 14.3 Å². The average molecular weight is 218 g/mol. The van der Waals surface area contributed by atoms with Crippen LogP contribution in [0.4, 0.5) is 0 Å². The summed E-state index contributed by atoms with van der Waals surface area (Å²) >= 11 is 0. The molecule has 0 amide bonds. The first-order valence-corrected chi connectivity index (χ1v) is 5.35. The predicted molar refractivity (Wildman–Crippen MR) is 58.9 cm³/mol. The second-order valence-corrected chi connectivity index (χ2v) is 4.48. The second kappa shape index (κ2) is 4.08. The van der Waals surface area contributed by atoms with E-state index >= 15 is 0 Å². The summed E-state index contributed by atoms with van der Waals surface area (Å²) in [4.78, 5) is 22.6. The van der Waals surface area contributed by atoms with Crippen LogP contribution in [0.5, 0.6) is 0 Å². The van der Waals surface area contributed by atoms with Crippen molar-refractivity contribution in [3.8, 4) is 0 Å². The lowest BCUT2D eigenvalue weighted by molar-refractivity contribution is -0.168. The monoisotopic (exact) mass is 218 g/mol. The van der Waals surface area contributed by atoms with Gasteiger partial charge in [-0.15, -0.1) is 0 Å². The van der Waals surface area contributed by atoms with E-state index in [1.807, 2.05) is 37.3 Å². The quantitative estimate of drug-likeness (QED) is 0.562. The molecule has 1 heterocycles. The zero-order valence-corrected chi connectivity index (χ0v) is 9.23. The van der Waals surface area contributed by atoms with Crippen molar-refractivity contribution in [2.45, 2.75) is 31.8 Å². The molecule has 0 radical (unpaired) electrons. The van der Waals surface area contributed by atoms with Crippen molar-refractivity contribution in [2.24, 2.45) is 0 Å². The molecule has 0 N–H and O–H groups in total. The summed E-state index contributed by atoms with van der Waals surface area (Å²) in [6.07, 6.45) is 0.823. The smallest absolute Gasteiger partial charge is 0.313 e. The number of hydrogen-bond donors (Lipinski definition) is 0. The highest BCUT2D eigenvalue weighted by Crippen LogP contribution is 2.27. The Kier molecular flexibility index (Phi) is 2.77. The molecular formula is C13H14O3. The van der Waals surface area contributed by atoms with Crippen LogP contribution in [-0.4, -0.2) is 17.4 Å². The maximum atomic E-state index is 11.4. The maximum absolute atomic E-state index is 11.4. The molecule has 0 spiro atoms. The zero-order chi connectivity index (χ0) is 11.6. The van der Waals surface area contributed by atoms with Crippen LogP contribution in [-0.2, 0) is 20.7 Å². The molecule has 0 saturated carbocycles. The number of hydrogen-bond acceptors (Lipinski definition) is 3. The molecule has 1 aliphatic rings. The van der Waals surface area contributed by atoms with Gasteiger partial charge in [-0.3, -0.25) is 9.59 Å². The van der Waals surface area contributed by atoms with E-state index in [0.717, 1.165) is 5.56 Å². The topological polar surface area (TPSA) is 43.4 Å². The van der Waals surface area contributed by atoms with Gasteiger partial charge in [0.1, 0.15) is 17.8 Å². The summed E-state index contributed by atoms with van der Waals surface area (Å²) in [6.45, 7) is 1.81. The fraction of sp³-hybridized carbons (Fsp3) is 0.385. The standard InChI is InChI=1S/C13H14O3/c1-13(8-10-5-3-2-4-6-10)9-11(14)7-12(15)16-13/h2-6H,7-9H2,1H3. The van der Waals surface area contributed by atoms with Gasteiger partial charge >= 0.3 is 5.97 Å². The third-order valence-electron chi connectivity index (χ3n) is 2.69. The molecule has 0 aromatic heterocycles. The number of cyclic esters (lactones) is 1. The van der Waals surface area contributed by atoms with E-state index in [1.54, 1.807) is 0 Å². The highest BCUT2D eigenvalue weighted by atomic mass is 16.6. The lowest BCUT2D eigenvalue weighted by atomic mass is 9.88. The third kappa shape index (κ3) is 2.48. The Morgan fingerprint density at radius 3 is 2.56 bits per heavy atom. The van der Waals surface area contributed by atoms with Gasteiger partial charge in [-0.1, -0.05) is 30.3 Å². The van der Waals surface area contributed by atoms with Crippen LogP contribution >= 0.6 is 0 Å². The van der Waals surface area contributed by atoms with E-state index < -0.39 is 11.6 Å². The number of ketones is 1. The molecule has 1 saturated heterocycles. The molecule has 84 valence electrons. The minimum atomic E-state index is -0.673. The Hall–Kier alpha value is -1.64. The molecule has 3 heteroatoms. The van der Waals surface area contributed by atoms with E-state index in [1.165, 1.54) is 0 Å². The van der Waals surface area contributed by atoms with E-state index in [9.17, 15) is 9.59 Å². The largest absolute Gasteiger partial charge is 0.458 e. The summed E-state index contributed by atoms with van der Waals surface area (Å²) in [5.41, 5.74) is 0.404. The molecule has 1 aromatic carbocycles. The van der Waals surface area contributed by atoms with E-state index in [2.05, 4.69) is 0 Å². The highest BCUT2D eigenvalue weighted by molar-refractivity contribution is 5.98. The van der Waals surface area contributed by atoms with Crippen LogP contribution < -0.4 is 0 Å². The van der Waals surface area contributed by atoms with Crippen molar-refractivity contribution in [1.82, 2.24) is 0 Å². The normalized spacial score (nSPS) is 25.3. The number of carbonyl (C=O) groups excluding carboxylic acids is 2. The Morgan fingerprint density at radius 1 is 1.25 bits per heavy atom. The maximum Gasteiger partial charge on any atom is 0.313 e. The number of Topliss-reactive ketones (excluding diaryl/α,β-unsaturated/α-hetero) is 1. The van der Waals surface area contributed by atoms with Crippen molar-refractivity contribution in [3.05, 3.63) is 35.9 Å². The van der Waals surface area contributed by atoms with Crippen LogP contribution in [0.3, 0.4) is 0 Å². The second-order valence-electron chi connectivity index (χ2n) is 4.48. The van der Waals surface area contributed by atoms with Gasteiger partial charge in [-0.2, -0.15) is 0 Å². The Balaban J connectivity index is 2.13. The summed E-state index contributed by atoms with van der Waals surface area (Å²) in [5, 5.41) is 0. The first kappa shape index (κ1) is 10.9. The Bertz CT molecular complexity index is 392. The molecule has 1 atom stereocenters. The number of rotatable bonds is 2. The Labute approximate surface area is 94.4 Å². The van der Waals surface area contributed by atoms with Crippen LogP contribution in [0.1, 0.15) is 25.3 Å². The number of esters is 1. The lowest BCUT2D eigenvalue weighted by Gasteiger charge is -2.32. The third-order valence-corrected chi connectivity index (χ3v) is 2.69. The predicted octanol–water partition coefficient (Wildman–Crippen LogP) is 1.89. The minimum Gasteiger partial charge on any atom is -0.458 e. The fourth-order valence-corrected chi connectivity index (χ4v) is 2.11. The van der Waals surface area contributed by atoms with E-state index in [-0.39, 0.29) is 12.2 Å². The molecule has 3 nitrogen and oxygen atoms in total. The SMILES string of the molecule is CC1(Cc2ccccc2)CC(=O)CC(=O)O1. The van der Waals surface area contributed by atoms with E-state index in [4.69, 9.17) is 4.74 Å². The van der Waals surface area contributed by atoms with Crippen molar-refractivity contribution in [2.75, 3.05) is 0 Å². The Morgan fingerprint density at radius 2 is 1.94 bits per heavy atom. The molecule has 1 aliphatic heterocycles. The van der Waals surface area contributed by atoms with Gasteiger partial charge < -0.3 is 4.74 Å².